The zero-order valence-corrected chi connectivity index (χ0v) is 17.0. The number of rotatable bonds is 3. The molecule has 0 radical (unpaired) electrons. The van der Waals surface area contributed by atoms with E-state index in [9.17, 15) is 4.79 Å². The Morgan fingerprint density at radius 2 is 2.15 bits per heavy atom. The first-order valence-electron chi connectivity index (χ1n) is 9.59. The average molecular weight is 383 g/mol. The first-order chi connectivity index (χ1) is 13.0. The van der Waals surface area contributed by atoms with Gasteiger partial charge in [-0.15, -0.1) is 11.3 Å². The van der Waals surface area contributed by atoms with Crippen molar-refractivity contribution in [3.8, 4) is 0 Å². The van der Waals surface area contributed by atoms with Crippen LogP contribution < -0.4 is 0 Å². The molecule has 1 amide bonds. The van der Waals surface area contributed by atoms with Crippen LogP contribution in [0, 0.1) is 13.8 Å². The van der Waals surface area contributed by atoms with Gasteiger partial charge in [0.2, 0.25) is 5.91 Å². The third kappa shape index (κ3) is 3.46. The number of carbonyl (C=O) groups is 1. The van der Waals surface area contributed by atoms with E-state index < -0.39 is 0 Å². The molecule has 0 saturated carbocycles. The van der Waals surface area contributed by atoms with Crippen molar-refractivity contribution < 1.29 is 4.79 Å². The third-order valence-electron chi connectivity index (χ3n) is 5.41. The molecule has 1 atom stereocenters. The molecule has 1 aliphatic rings. The van der Waals surface area contributed by atoms with Crippen molar-refractivity contribution in [1.29, 1.82) is 0 Å². The Hall–Kier alpha value is -2.34. The summed E-state index contributed by atoms with van der Waals surface area (Å²) in [4.78, 5) is 22.0. The first-order valence-corrected chi connectivity index (χ1v) is 10.4. The quantitative estimate of drug-likeness (QED) is 0.626. The second-order valence-electron chi connectivity index (χ2n) is 7.35. The molecule has 27 heavy (non-hydrogen) atoms. The summed E-state index contributed by atoms with van der Waals surface area (Å²) in [5.74, 6) is 0.0874. The highest BCUT2D eigenvalue weighted by Gasteiger charge is 2.27. The van der Waals surface area contributed by atoms with Crippen LogP contribution >= 0.6 is 11.3 Å². The molecular weight excluding hydrogens is 356 g/mol. The summed E-state index contributed by atoms with van der Waals surface area (Å²) in [5.41, 5.74) is 3.17. The molecule has 0 spiro atoms. The summed E-state index contributed by atoms with van der Waals surface area (Å²) in [6.07, 6.45) is 12.2. The molecule has 0 unspecified atom stereocenters. The molecule has 0 N–H and O–H groups in total. The van der Waals surface area contributed by atoms with Crippen LogP contribution in [0.15, 0.2) is 30.6 Å². The Morgan fingerprint density at radius 1 is 1.30 bits per heavy atom. The Balaban J connectivity index is 1.62. The van der Waals surface area contributed by atoms with Crippen LogP contribution in [0.25, 0.3) is 11.0 Å². The van der Waals surface area contributed by atoms with Crippen molar-refractivity contribution in [3.63, 3.8) is 0 Å². The van der Waals surface area contributed by atoms with Gasteiger partial charge in [-0.25, -0.2) is 4.98 Å². The van der Waals surface area contributed by atoms with Crippen LogP contribution in [0.4, 0.5) is 0 Å². The monoisotopic (exact) mass is 382 g/mol. The van der Waals surface area contributed by atoms with Gasteiger partial charge in [-0.05, 0) is 44.9 Å². The number of nitrogens with zero attached hydrogens (tertiary/aromatic N) is 4. The van der Waals surface area contributed by atoms with E-state index in [0.29, 0.717) is 0 Å². The maximum atomic E-state index is 13.1. The van der Waals surface area contributed by atoms with Crippen molar-refractivity contribution >= 4 is 28.3 Å². The number of carbonyl (C=O) groups excluding carboxylic acids is 1. The van der Waals surface area contributed by atoms with Gasteiger partial charge in [-0.1, -0.05) is 12.8 Å². The van der Waals surface area contributed by atoms with Gasteiger partial charge < -0.3 is 9.47 Å². The summed E-state index contributed by atoms with van der Waals surface area (Å²) >= 11 is 1.67. The highest BCUT2D eigenvalue weighted by molar-refractivity contribution is 7.17. The molecule has 4 heterocycles. The van der Waals surface area contributed by atoms with E-state index in [1.807, 2.05) is 17.9 Å². The molecule has 0 bridgehead atoms. The summed E-state index contributed by atoms with van der Waals surface area (Å²) in [6, 6.07) is 4.35. The molecule has 0 aliphatic carbocycles. The Kier molecular flexibility index (Phi) is 4.91. The van der Waals surface area contributed by atoms with Crippen LogP contribution in [0.5, 0.6) is 0 Å². The number of fused-ring (bicyclic) bond motifs is 1. The van der Waals surface area contributed by atoms with Gasteiger partial charge in [-0.2, -0.15) is 0 Å². The number of imidazole rings is 1. The van der Waals surface area contributed by atoms with Gasteiger partial charge in [0.05, 0.1) is 17.4 Å². The number of thiazole rings is 1. The highest BCUT2D eigenvalue weighted by Crippen LogP contribution is 2.30. The standard InChI is InChI=1S/C21H26N4OS/c1-15-14-25-17(16(2)22-21(25)27-15)10-11-20(26)24-13-6-4-5-8-19(24)18-9-7-12-23(18)3/h7,9-12,14,19H,4-6,8,13H2,1-3H3/b11-10-/t19-/m1/s1. The van der Waals surface area contributed by atoms with E-state index in [1.54, 1.807) is 17.4 Å². The van der Waals surface area contributed by atoms with Gasteiger partial charge in [0, 0.05) is 42.6 Å². The molecule has 1 fully saturated rings. The number of amides is 1. The fraction of sp³-hybridized carbons (Fsp3) is 0.429. The molecular formula is C21H26N4OS. The number of hydrogen-bond acceptors (Lipinski definition) is 3. The lowest BCUT2D eigenvalue weighted by Gasteiger charge is -2.29. The summed E-state index contributed by atoms with van der Waals surface area (Å²) in [7, 11) is 2.06. The van der Waals surface area contributed by atoms with Gasteiger partial charge in [0.15, 0.2) is 4.96 Å². The second-order valence-corrected chi connectivity index (χ2v) is 8.56. The lowest BCUT2D eigenvalue weighted by atomic mass is 10.1. The van der Waals surface area contributed by atoms with E-state index >= 15 is 0 Å². The number of hydrogen-bond donors (Lipinski definition) is 0. The summed E-state index contributed by atoms with van der Waals surface area (Å²) < 4.78 is 4.22. The van der Waals surface area contributed by atoms with E-state index in [4.69, 9.17) is 0 Å². The zero-order chi connectivity index (χ0) is 19.0. The fourth-order valence-corrected chi connectivity index (χ4v) is 4.91. The van der Waals surface area contributed by atoms with Gasteiger partial charge in [0.1, 0.15) is 0 Å². The van der Waals surface area contributed by atoms with Crippen molar-refractivity contribution in [1.82, 2.24) is 18.9 Å². The van der Waals surface area contributed by atoms with Crippen LogP contribution in [-0.4, -0.2) is 31.3 Å². The minimum atomic E-state index is 0.0874. The zero-order valence-electron chi connectivity index (χ0n) is 16.2. The van der Waals surface area contributed by atoms with Crippen LogP contribution in [0.2, 0.25) is 0 Å². The van der Waals surface area contributed by atoms with Crippen LogP contribution in [0.3, 0.4) is 0 Å². The van der Waals surface area contributed by atoms with E-state index in [-0.39, 0.29) is 11.9 Å². The number of aromatic nitrogens is 3. The summed E-state index contributed by atoms with van der Waals surface area (Å²) in [5, 5.41) is 0. The van der Waals surface area contributed by atoms with E-state index in [1.165, 1.54) is 23.4 Å². The molecule has 4 rings (SSSR count). The van der Waals surface area contributed by atoms with Crippen molar-refractivity contribution in [2.24, 2.45) is 7.05 Å². The van der Waals surface area contributed by atoms with E-state index in [2.05, 4.69) is 52.4 Å². The topological polar surface area (TPSA) is 42.5 Å². The molecule has 142 valence electrons. The lowest BCUT2D eigenvalue weighted by molar-refractivity contribution is -0.128. The van der Waals surface area contributed by atoms with Gasteiger partial charge in [-0.3, -0.25) is 9.20 Å². The predicted octanol–water partition coefficient (Wildman–Crippen LogP) is 4.51. The molecule has 1 saturated heterocycles. The average Bonchev–Trinajstić information content (AvgIpc) is 3.21. The minimum Gasteiger partial charge on any atom is -0.353 e. The maximum absolute atomic E-state index is 13.1. The van der Waals surface area contributed by atoms with Crippen molar-refractivity contribution in [2.45, 2.75) is 45.6 Å². The SMILES string of the molecule is Cc1cn2c(/C=C\C(=O)N3CCCCC[C@@H]3c3cccn3C)c(C)nc2s1. The highest BCUT2D eigenvalue weighted by atomic mass is 32.1. The first kappa shape index (κ1) is 18.0. The van der Waals surface area contributed by atoms with E-state index in [0.717, 1.165) is 35.7 Å². The molecule has 0 aromatic carbocycles. The number of likely N-dealkylation sites (tertiary alicyclic amines) is 1. The predicted molar refractivity (Wildman–Crippen MR) is 110 cm³/mol. The lowest BCUT2D eigenvalue weighted by Crippen LogP contribution is -2.34. The summed E-state index contributed by atoms with van der Waals surface area (Å²) in [6.45, 7) is 4.89. The fourth-order valence-electron chi connectivity index (χ4n) is 4.03. The normalized spacial score (nSPS) is 18.5. The Labute approximate surface area is 163 Å². The van der Waals surface area contributed by atoms with Crippen LogP contribution in [0.1, 0.15) is 53.7 Å². The van der Waals surface area contributed by atoms with Gasteiger partial charge >= 0.3 is 0 Å². The molecule has 5 nitrogen and oxygen atoms in total. The van der Waals surface area contributed by atoms with Crippen molar-refractivity contribution in [2.75, 3.05) is 6.54 Å². The number of aryl methyl sites for hydroxylation is 3. The second kappa shape index (κ2) is 7.35. The van der Waals surface area contributed by atoms with Crippen LogP contribution in [-0.2, 0) is 11.8 Å². The van der Waals surface area contributed by atoms with Gasteiger partial charge in [0.25, 0.3) is 0 Å². The van der Waals surface area contributed by atoms with Crippen molar-refractivity contribution in [3.05, 3.63) is 52.6 Å². The maximum Gasteiger partial charge on any atom is 0.247 e. The largest absolute Gasteiger partial charge is 0.353 e. The smallest absolute Gasteiger partial charge is 0.247 e. The third-order valence-corrected chi connectivity index (χ3v) is 6.31. The molecule has 1 aliphatic heterocycles. The molecule has 6 heteroatoms. The molecule has 3 aromatic rings. The molecule has 3 aromatic heterocycles. The Morgan fingerprint density at radius 3 is 2.93 bits per heavy atom. The Bertz CT molecular complexity index is 993. The minimum absolute atomic E-state index is 0.0874.